The molecule has 3 unspecified atom stereocenters. The molecule has 0 spiro atoms. The van der Waals surface area contributed by atoms with Crippen LogP contribution in [0.25, 0.3) is 0 Å². The van der Waals surface area contributed by atoms with Crippen LogP contribution in [0.15, 0.2) is 0 Å². The lowest BCUT2D eigenvalue weighted by Crippen LogP contribution is -2.39. The number of rotatable bonds is 0. The minimum absolute atomic E-state index is 0.462. The van der Waals surface area contributed by atoms with Gasteiger partial charge in [-0.05, 0) is 36.6 Å². The van der Waals surface area contributed by atoms with Gasteiger partial charge in [0.25, 0.3) is 0 Å². The van der Waals surface area contributed by atoms with Gasteiger partial charge in [-0.2, -0.15) is 0 Å². The Labute approximate surface area is 75.9 Å². The summed E-state index contributed by atoms with van der Waals surface area (Å²) >= 11 is 0. The van der Waals surface area contributed by atoms with Crippen LogP contribution in [0.5, 0.6) is 0 Å². The lowest BCUT2D eigenvalue weighted by molar-refractivity contribution is 0.230. The molecule has 1 aliphatic carbocycles. The van der Waals surface area contributed by atoms with Crippen molar-refractivity contribution in [3.8, 4) is 0 Å². The molecule has 0 aromatic rings. The maximum atomic E-state index is 3.70. The Hall–Kier alpha value is -0.0400. The molecule has 1 saturated carbocycles. The van der Waals surface area contributed by atoms with E-state index in [4.69, 9.17) is 0 Å². The Morgan fingerprint density at radius 2 is 1.92 bits per heavy atom. The summed E-state index contributed by atoms with van der Waals surface area (Å²) in [5.74, 6) is 2.00. The molecule has 12 heavy (non-hydrogen) atoms. The van der Waals surface area contributed by atoms with E-state index in [1.807, 2.05) is 0 Å². The topological polar surface area (TPSA) is 12.0 Å². The van der Waals surface area contributed by atoms with Crippen molar-refractivity contribution in [1.29, 1.82) is 0 Å². The first kappa shape index (κ1) is 8.55. The van der Waals surface area contributed by atoms with E-state index in [0.717, 1.165) is 17.9 Å². The Morgan fingerprint density at radius 1 is 1.17 bits per heavy atom. The van der Waals surface area contributed by atoms with Crippen LogP contribution in [-0.4, -0.2) is 12.6 Å². The van der Waals surface area contributed by atoms with Gasteiger partial charge in [0.1, 0.15) is 0 Å². The van der Waals surface area contributed by atoms with Gasteiger partial charge in [-0.15, -0.1) is 0 Å². The van der Waals surface area contributed by atoms with E-state index in [-0.39, 0.29) is 0 Å². The third-order valence-corrected chi connectivity index (χ3v) is 3.68. The lowest BCUT2D eigenvalue weighted by Gasteiger charge is -2.31. The van der Waals surface area contributed by atoms with Crippen molar-refractivity contribution in [1.82, 2.24) is 5.32 Å². The van der Waals surface area contributed by atoms with Crippen molar-refractivity contribution >= 4 is 0 Å². The highest BCUT2D eigenvalue weighted by Gasteiger charge is 2.43. The van der Waals surface area contributed by atoms with Gasteiger partial charge in [-0.25, -0.2) is 0 Å². The Balaban J connectivity index is 2.09. The predicted molar refractivity (Wildman–Crippen MR) is 52.1 cm³/mol. The fourth-order valence-corrected chi connectivity index (χ4v) is 3.14. The Bertz CT molecular complexity index is 168. The molecule has 0 aromatic carbocycles. The molecule has 0 radical (unpaired) electrons. The fourth-order valence-electron chi connectivity index (χ4n) is 3.14. The van der Waals surface area contributed by atoms with Crippen molar-refractivity contribution in [2.45, 2.75) is 46.1 Å². The predicted octanol–water partition coefficient (Wildman–Crippen LogP) is 2.42. The SMILES string of the molecule is CC(C)(C)C1NCC2CCCC21. The number of hydrogen-bond acceptors (Lipinski definition) is 1. The summed E-state index contributed by atoms with van der Waals surface area (Å²) < 4.78 is 0. The number of nitrogens with one attached hydrogen (secondary N) is 1. The molecule has 0 amide bonds. The van der Waals surface area contributed by atoms with E-state index < -0.39 is 0 Å². The summed E-state index contributed by atoms with van der Waals surface area (Å²) in [6.07, 6.45) is 4.42. The van der Waals surface area contributed by atoms with Crippen molar-refractivity contribution in [3.63, 3.8) is 0 Å². The lowest BCUT2D eigenvalue weighted by atomic mass is 9.78. The Morgan fingerprint density at radius 3 is 2.58 bits per heavy atom. The highest BCUT2D eigenvalue weighted by Crippen LogP contribution is 2.43. The largest absolute Gasteiger partial charge is 0.313 e. The van der Waals surface area contributed by atoms with Crippen LogP contribution < -0.4 is 5.32 Å². The molecule has 1 heteroatoms. The van der Waals surface area contributed by atoms with Crippen molar-refractivity contribution in [3.05, 3.63) is 0 Å². The van der Waals surface area contributed by atoms with Crippen molar-refractivity contribution in [2.75, 3.05) is 6.54 Å². The first-order chi connectivity index (χ1) is 5.59. The molecule has 1 aliphatic heterocycles. The molecule has 2 rings (SSSR count). The number of hydrogen-bond donors (Lipinski definition) is 1. The number of fused-ring (bicyclic) bond motifs is 1. The summed E-state index contributed by atoms with van der Waals surface area (Å²) in [5, 5.41) is 3.70. The zero-order chi connectivity index (χ0) is 8.77. The zero-order valence-electron chi connectivity index (χ0n) is 8.56. The highest BCUT2D eigenvalue weighted by atomic mass is 15.0. The quantitative estimate of drug-likeness (QED) is 0.584. The van der Waals surface area contributed by atoms with E-state index in [2.05, 4.69) is 26.1 Å². The van der Waals surface area contributed by atoms with Crippen molar-refractivity contribution < 1.29 is 0 Å². The van der Waals surface area contributed by atoms with E-state index in [1.165, 1.54) is 25.8 Å². The molecule has 1 nitrogen and oxygen atoms in total. The first-order valence-electron chi connectivity index (χ1n) is 5.32. The molecular formula is C11H21N. The monoisotopic (exact) mass is 167 g/mol. The van der Waals surface area contributed by atoms with Crippen LogP contribution in [-0.2, 0) is 0 Å². The zero-order valence-corrected chi connectivity index (χ0v) is 8.56. The molecule has 0 bridgehead atoms. The summed E-state index contributed by atoms with van der Waals surface area (Å²) in [5.41, 5.74) is 0.462. The molecule has 3 atom stereocenters. The van der Waals surface area contributed by atoms with Crippen molar-refractivity contribution in [2.24, 2.45) is 17.3 Å². The summed E-state index contributed by atoms with van der Waals surface area (Å²) in [6.45, 7) is 8.38. The third kappa shape index (κ3) is 1.28. The van der Waals surface area contributed by atoms with Gasteiger partial charge in [0, 0.05) is 6.04 Å². The standard InChI is InChI=1S/C11H21N/c1-11(2,3)10-9-6-4-5-8(9)7-12-10/h8-10,12H,4-7H2,1-3H3. The maximum Gasteiger partial charge on any atom is 0.0147 e. The molecule has 2 fully saturated rings. The van der Waals surface area contributed by atoms with Gasteiger partial charge >= 0.3 is 0 Å². The summed E-state index contributed by atoms with van der Waals surface area (Å²) in [6, 6.07) is 0.782. The normalized spacial score (nSPS) is 41.8. The first-order valence-corrected chi connectivity index (χ1v) is 5.32. The second kappa shape index (κ2) is 2.73. The van der Waals surface area contributed by atoms with Crippen LogP contribution in [0.3, 0.4) is 0 Å². The van der Waals surface area contributed by atoms with Gasteiger partial charge in [0.2, 0.25) is 0 Å². The van der Waals surface area contributed by atoms with E-state index >= 15 is 0 Å². The smallest absolute Gasteiger partial charge is 0.0147 e. The molecule has 70 valence electrons. The summed E-state index contributed by atoms with van der Waals surface area (Å²) in [4.78, 5) is 0. The summed E-state index contributed by atoms with van der Waals surface area (Å²) in [7, 11) is 0. The van der Waals surface area contributed by atoms with Crippen LogP contribution >= 0.6 is 0 Å². The minimum Gasteiger partial charge on any atom is -0.313 e. The maximum absolute atomic E-state index is 3.70. The van der Waals surface area contributed by atoms with E-state index in [9.17, 15) is 0 Å². The fraction of sp³-hybridized carbons (Fsp3) is 1.00. The van der Waals surface area contributed by atoms with Gasteiger partial charge in [0.05, 0.1) is 0 Å². The van der Waals surface area contributed by atoms with Gasteiger partial charge in [-0.3, -0.25) is 0 Å². The van der Waals surface area contributed by atoms with Gasteiger partial charge in [0.15, 0.2) is 0 Å². The van der Waals surface area contributed by atoms with Crippen LogP contribution in [0.2, 0.25) is 0 Å². The molecule has 1 saturated heterocycles. The molecule has 2 aliphatic rings. The van der Waals surface area contributed by atoms with Gasteiger partial charge < -0.3 is 5.32 Å². The molecule has 0 aromatic heterocycles. The van der Waals surface area contributed by atoms with Crippen LogP contribution in [0.1, 0.15) is 40.0 Å². The minimum atomic E-state index is 0.462. The molecule has 1 N–H and O–H groups in total. The second-order valence-electron chi connectivity index (χ2n) is 5.61. The van der Waals surface area contributed by atoms with Crippen LogP contribution in [0.4, 0.5) is 0 Å². The Kier molecular flexibility index (Phi) is 1.95. The average molecular weight is 167 g/mol. The molecule has 1 heterocycles. The molecular weight excluding hydrogens is 146 g/mol. The highest BCUT2D eigenvalue weighted by molar-refractivity contribution is 4.98. The second-order valence-corrected chi connectivity index (χ2v) is 5.61. The van der Waals surface area contributed by atoms with E-state index in [1.54, 1.807) is 0 Å². The van der Waals surface area contributed by atoms with Gasteiger partial charge in [-0.1, -0.05) is 27.2 Å². The average Bonchev–Trinajstić information content (AvgIpc) is 2.37. The third-order valence-electron chi connectivity index (χ3n) is 3.68. The van der Waals surface area contributed by atoms with Crippen LogP contribution in [0, 0.1) is 17.3 Å². The van der Waals surface area contributed by atoms with E-state index in [0.29, 0.717) is 5.41 Å².